The molecule has 0 aromatic carbocycles. The van der Waals surface area contributed by atoms with Gasteiger partial charge in [0, 0.05) is 5.92 Å². The van der Waals surface area contributed by atoms with E-state index in [-0.39, 0.29) is 10.8 Å². The van der Waals surface area contributed by atoms with Crippen LogP contribution < -0.4 is 0 Å². The van der Waals surface area contributed by atoms with Gasteiger partial charge in [-0.05, 0) is 17.8 Å². The molecule has 1 aliphatic rings. The average Bonchev–Trinajstić information content (AvgIpc) is 1.97. The van der Waals surface area contributed by atoms with E-state index in [9.17, 15) is 4.79 Å². The molecule has 1 aliphatic carbocycles. The Morgan fingerprint density at radius 3 is 1.40 bits per heavy atom. The van der Waals surface area contributed by atoms with Crippen molar-refractivity contribution in [3.05, 3.63) is 0 Å². The fourth-order valence-electron chi connectivity index (χ4n) is 2.21. The maximum Gasteiger partial charge on any atom is 0.134 e. The lowest BCUT2D eigenvalue weighted by Gasteiger charge is -2.03. The molecule has 1 fully saturated rings. The lowest BCUT2D eigenvalue weighted by Crippen LogP contribution is -1.99. The number of rotatable bonds is 1. The van der Waals surface area contributed by atoms with E-state index in [1.54, 1.807) is 6.92 Å². The molecule has 0 radical (unpaired) electrons. The number of hydrogen-bond acceptors (Lipinski definition) is 1. The first-order chi connectivity index (χ1) is 4.32. The fraction of sp³-hybridized carbons (Fsp3) is 0.889. The number of Topliss-reactive ketones (excluding diaryl/α,β-unsaturated/α-hetero) is 1. The van der Waals surface area contributed by atoms with Crippen molar-refractivity contribution in [1.82, 2.24) is 0 Å². The average molecular weight is 140 g/mol. The molecule has 0 heterocycles. The van der Waals surface area contributed by atoms with Crippen LogP contribution in [0.1, 0.15) is 34.6 Å². The van der Waals surface area contributed by atoms with Gasteiger partial charge in [-0.15, -0.1) is 0 Å². The number of hydrogen-bond donors (Lipinski definition) is 0. The van der Waals surface area contributed by atoms with Crippen LogP contribution in [-0.2, 0) is 4.79 Å². The molecule has 0 aromatic rings. The summed E-state index contributed by atoms with van der Waals surface area (Å²) in [6.45, 7) is 10.4. The highest BCUT2D eigenvalue weighted by Gasteiger charge is 2.66. The third kappa shape index (κ3) is 0.664. The van der Waals surface area contributed by atoms with Crippen molar-refractivity contribution in [1.29, 1.82) is 0 Å². The highest BCUT2D eigenvalue weighted by molar-refractivity contribution is 5.83. The molecule has 0 saturated heterocycles. The smallest absolute Gasteiger partial charge is 0.134 e. The minimum absolute atomic E-state index is 0.235. The number of carbonyl (C=O) groups excluding carboxylic acids is 1. The van der Waals surface area contributed by atoms with Crippen LogP contribution in [0.5, 0.6) is 0 Å². The summed E-state index contributed by atoms with van der Waals surface area (Å²) in [6, 6.07) is 0. The maximum atomic E-state index is 11.0. The van der Waals surface area contributed by atoms with Crippen LogP contribution in [0.25, 0.3) is 0 Å². The Balaban J connectivity index is 2.81. The lowest BCUT2D eigenvalue weighted by molar-refractivity contribution is -0.119. The lowest BCUT2D eigenvalue weighted by atomic mass is 10.0. The normalized spacial score (nSPS) is 28.1. The quantitative estimate of drug-likeness (QED) is 0.546. The van der Waals surface area contributed by atoms with Crippen LogP contribution in [0.2, 0.25) is 0 Å². The number of ketones is 1. The Labute approximate surface area is 62.8 Å². The van der Waals surface area contributed by atoms with Crippen molar-refractivity contribution in [2.45, 2.75) is 34.6 Å². The second-order valence-corrected chi connectivity index (χ2v) is 4.49. The Bertz CT molecular complexity index is 163. The second kappa shape index (κ2) is 1.63. The van der Waals surface area contributed by atoms with Crippen LogP contribution in [0.3, 0.4) is 0 Å². The van der Waals surface area contributed by atoms with E-state index in [2.05, 4.69) is 27.7 Å². The predicted octanol–water partition coefficient (Wildman–Crippen LogP) is 2.26. The summed E-state index contributed by atoms with van der Waals surface area (Å²) in [6.07, 6.45) is 0. The third-order valence-electron chi connectivity index (χ3n) is 3.43. The Kier molecular flexibility index (Phi) is 1.27. The molecular formula is C9H16O. The zero-order valence-electron chi connectivity index (χ0n) is 7.49. The molecule has 1 saturated carbocycles. The largest absolute Gasteiger partial charge is 0.300 e. The molecule has 1 rings (SSSR count). The van der Waals surface area contributed by atoms with E-state index >= 15 is 0 Å². The van der Waals surface area contributed by atoms with Gasteiger partial charge in [0.2, 0.25) is 0 Å². The summed E-state index contributed by atoms with van der Waals surface area (Å²) in [7, 11) is 0. The van der Waals surface area contributed by atoms with Gasteiger partial charge in [0.15, 0.2) is 0 Å². The highest BCUT2D eigenvalue weighted by Crippen LogP contribution is 2.68. The first-order valence-corrected chi connectivity index (χ1v) is 3.82. The standard InChI is InChI=1S/C9H16O/c1-6(10)7-8(2,3)9(7,4)5/h7H,1-5H3. The zero-order chi connectivity index (χ0) is 8.15. The summed E-state index contributed by atoms with van der Waals surface area (Å²) in [4.78, 5) is 11.0. The monoisotopic (exact) mass is 140 g/mol. The van der Waals surface area contributed by atoms with Crippen molar-refractivity contribution in [3.63, 3.8) is 0 Å². The minimum Gasteiger partial charge on any atom is -0.300 e. The van der Waals surface area contributed by atoms with Gasteiger partial charge in [-0.1, -0.05) is 27.7 Å². The van der Waals surface area contributed by atoms with E-state index in [0.717, 1.165) is 0 Å². The van der Waals surface area contributed by atoms with Gasteiger partial charge in [-0.3, -0.25) is 4.79 Å². The first-order valence-electron chi connectivity index (χ1n) is 3.82. The van der Waals surface area contributed by atoms with Gasteiger partial charge < -0.3 is 0 Å². The molecule has 10 heavy (non-hydrogen) atoms. The van der Waals surface area contributed by atoms with Crippen LogP contribution in [-0.4, -0.2) is 5.78 Å². The molecule has 1 heteroatoms. The van der Waals surface area contributed by atoms with Crippen LogP contribution >= 0.6 is 0 Å². The van der Waals surface area contributed by atoms with Crippen LogP contribution in [0, 0.1) is 16.7 Å². The Morgan fingerprint density at radius 1 is 1.10 bits per heavy atom. The molecule has 0 spiro atoms. The van der Waals surface area contributed by atoms with Crippen molar-refractivity contribution in [2.75, 3.05) is 0 Å². The van der Waals surface area contributed by atoms with Crippen LogP contribution in [0.4, 0.5) is 0 Å². The summed E-state index contributed by atoms with van der Waals surface area (Å²) in [5, 5.41) is 0. The van der Waals surface area contributed by atoms with E-state index in [1.165, 1.54) is 0 Å². The van der Waals surface area contributed by atoms with Gasteiger partial charge in [0.25, 0.3) is 0 Å². The molecule has 0 amide bonds. The molecule has 58 valence electrons. The molecule has 0 aliphatic heterocycles. The van der Waals surface area contributed by atoms with E-state index in [4.69, 9.17) is 0 Å². The van der Waals surface area contributed by atoms with Gasteiger partial charge in [0.1, 0.15) is 5.78 Å². The first kappa shape index (κ1) is 7.77. The Hall–Kier alpha value is -0.330. The molecular weight excluding hydrogens is 124 g/mol. The highest BCUT2D eigenvalue weighted by atomic mass is 16.1. The summed E-state index contributed by atoms with van der Waals surface area (Å²) in [5.74, 6) is 0.634. The zero-order valence-corrected chi connectivity index (χ0v) is 7.49. The second-order valence-electron chi connectivity index (χ2n) is 4.49. The molecule has 0 atom stereocenters. The summed E-state index contributed by atoms with van der Waals surface area (Å²) in [5.41, 5.74) is 0.470. The summed E-state index contributed by atoms with van der Waals surface area (Å²) < 4.78 is 0. The summed E-state index contributed by atoms with van der Waals surface area (Å²) >= 11 is 0. The Morgan fingerprint density at radius 2 is 1.40 bits per heavy atom. The number of carbonyl (C=O) groups is 1. The van der Waals surface area contributed by atoms with Crippen LogP contribution in [0.15, 0.2) is 0 Å². The van der Waals surface area contributed by atoms with E-state index in [1.807, 2.05) is 0 Å². The molecule has 0 N–H and O–H groups in total. The van der Waals surface area contributed by atoms with Crippen molar-refractivity contribution < 1.29 is 4.79 Å². The molecule has 0 unspecified atom stereocenters. The molecule has 0 aromatic heterocycles. The molecule has 1 nitrogen and oxygen atoms in total. The van der Waals surface area contributed by atoms with Crippen molar-refractivity contribution >= 4 is 5.78 Å². The van der Waals surface area contributed by atoms with Crippen molar-refractivity contribution in [3.8, 4) is 0 Å². The molecule has 0 bridgehead atoms. The van der Waals surface area contributed by atoms with E-state index in [0.29, 0.717) is 11.7 Å². The van der Waals surface area contributed by atoms with Gasteiger partial charge in [-0.25, -0.2) is 0 Å². The fourth-order valence-corrected chi connectivity index (χ4v) is 2.21. The van der Waals surface area contributed by atoms with Crippen molar-refractivity contribution in [2.24, 2.45) is 16.7 Å². The topological polar surface area (TPSA) is 17.1 Å². The maximum absolute atomic E-state index is 11.0. The van der Waals surface area contributed by atoms with E-state index < -0.39 is 0 Å². The minimum atomic E-state index is 0.235. The SMILES string of the molecule is CC(=O)C1C(C)(C)C1(C)C. The predicted molar refractivity (Wildman–Crippen MR) is 41.7 cm³/mol. The third-order valence-corrected chi connectivity index (χ3v) is 3.43. The van der Waals surface area contributed by atoms with Gasteiger partial charge >= 0.3 is 0 Å². The van der Waals surface area contributed by atoms with Gasteiger partial charge in [0.05, 0.1) is 0 Å². The van der Waals surface area contributed by atoms with Gasteiger partial charge in [-0.2, -0.15) is 0 Å².